The maximum absolute atomic E-state index is 5.67. The summed E-state index contributed by atoms with van der Waals surface area (Å²) >= 11 is 0. The molecule has 1 aliphatic rings. The smallest absolute Gasteiger partial charge is 0.161 e. The normalized spacial score (nSPS) is 15.5. The Labute approximate surface area is 127 Å². The lowest BCUT2D eigenvalue weighted by atomic mass is 10.1. The van der Waals surface area contributed by atoms with E-state index >= 15 is 0 Å². The molecule has 5 nitrogen and oxygen atoms in total. The Bertz CT molecular complexity index is 451. The van der Waals surface area contributed by atoms with E-state index in [1.165, 1.54) is 5.56 Å². The van der Waals surface area contributed by atoms with E-state index in [0.29, 0.717) is 13.2 Å². The van der Waals surface area contributed by atoms with E-state index in [4.69, 9.17) is 9.47 Å². The second-order valence-corrected chi connectivity index (χ2v) is 5.81. The van der Waals surface area contributed by atoms with Crippen molar-refractivity contribution in [3.05, 3.63) is 23.8 Å². The van der Waals surface area contributed by atoms with Crippen molar-refractivity contribution in [2.75, 3.05) is 61.0 Å². The molecular formula is C16H27N3O2. The van der Waals surface area contributed by atoms with Crippen molar-refractivity contribution >= 4 is 0 Å². The average molecular weight is 293 g/mol. The predicted octanol–water partition coefficient (Wildman–Crippen LogP) is 1.21. The monoisotopic (exact) mass is 293 g/mol. The van der Waals surface area contributed by atoms with Gasteiger partial charge in [0.15, 0.2) is 11.5 Å². The van der Waals surface area contributed by atoms with Gasteiger partial charge in [-0.2, -0.15) is 0 Å². The van der Waals surface area contributed by atoms with Crippen LogP contribution in [0.3, 0.4) is 0 Å². The van der Waals surface area contributed by atoms with Gasteiger partial charge in [0, 0.05) is 25.7 Å². The van der Waals surface area contributed by atoms with E-state index in [2.05, 4.69) is 48.4 Å². The summed E-state index contributed by atoms with van der Waals surface area (Å²) in [4.78, 5) is 4.55. The number of fused-ring (bicyclic) bond motifs is 1. The van der Waals surface area contributed by atoms with Gasteiger partial charge >= 0.3 is 0 Å². The lowest BCUT2D eigenvalue weighted by Crippen LogP contribution is -2.35. The van der Waals surface area contributed by atoms with E-state index in [1.807, 2.05) is 13.1 Å². The van der Waals surface area contributed by atoms with Gasteiger partial charge in [0.05, 0.1) is 0 Å². The van der Waals surface area contributed by atoms with E-state index in [9.17, 15) is 0 Å². The molecular weight excluding hydrogens is 266 g/mol. The van der Waals surface area contributed by atoms with E-state index in [-0.39, 0.29) is 6.04 Å². The van der Waals surface area contributed by atoms with Crippen LogP contribution in [0.15, 0.2) is 18.2 Å². The Morgan fingerprint density at radius 2 is 1.81 bits per heavy atom. The Morgan fingerprint density at radius 3 is 2.48 bits per heavy atom. The Kier molecular flexibility index (Phi) is 5.85. The van der Waals surface area contributed by atoms with Crippen molar-refractivity contribution in [2.45, 2.75) is 6.04 Å². The zero-order valence-electron chi connectivity index (χ0n) is 13.6. The van der Waals surface area contributed by atoms with Crippen molar-refractivity contribution in [1.82, 2.24) is 15.1 Å². The van der Waals surface area contributed by atoms with Crippen molar-refractivity contribution in [1.29, 1.82) is 0 Å². The van der Waals surface area contributed by atoms with Gasteiger partial charge in [-0.05, 0) is 45.9 Å². The summed E-state index contributed by atoms with van der Waals surface area (Å²) in [6.45, 7) is 4.34. The number of ether oxygens (including phenoxy) is 2. The second kappa shape index (κ2) is 7.64. The number of hydrogen-bond acceptors (Lipinski definition) is 5. The SMILES string of the molecule is CNC(CN(C)CCN(C)C)c1ccc2c(c1)OCCO2. The minimum absolute atomic E-state index is 0.285. The highest BCUT2D eigenvalue weighted by Crippen LogP contribution is 2.32. The summed E-state index contributed by atoms with van der Waals surface area (Å²) in [5.41, 5.74) is 1.23. The van der Waals surface area contributed by atoms with Gasteiger partial charge in [-0.15, -0.1) is 0 Å². The number of hydrogen-bond donors (Lipinski definition) is 1. The third kappa shape index (κ3) is 4.59. The molecule has 0 aromatic heterocycles. The maximum Gasteiger partial charge on any atom is 0.161 e. The minimum Gasteiger partial charge on any atom is -0.486 e. The third-order valence-electron chi connectivity index (χ3n) is 3.74. The largest absolute Gasteiger partial charge is 0.486 e. The lowest BCUT2D eigenvalue weighted by Gasteiger charge is -2.26. The molecule has 0 aliphatic carbocycles. The van der Waals surface area contributed by atoms with Crippen LogP contribution in [0.1, 0.15) is 11.6 Å². The molecule has 0 amide bonds. The van der Waals surface area contributed by atoms with Gasteiger partial charge in [-0.1, -0.05) is 6.07 Å². The molecule has 118 valence electrons. The Balaban J connectivity index is 2.00. The molecule has 1 aliphatic heterocycles. The fourth-order valence-corrected chi connectivity index (χ4v) is 2.41. The van der Waals surface area contributed by atoms with Crippen LogP contribution in [0, 0.1) is 0 Å². The van der Waals surface area contributed by atoms with Gasteiger partial charge in [0.1, 0.15) is 13.2 Å². The van der Waals surface area contributed by atoms with Gasteiger partial charge in [-0.3, -0.25) is 0 Å². The zero-order chi connectivity index (χ0) is 15.2. The fourth-order valence-electron chi connectivity index (χ4n) is 2.41. The molecule has 21 heavy (non-hydrogen) atoms. The van der Waals surface area contributed by atoms with Crippen molar-refractivity contribution in [3.8, 4) is 11.5 Å². The number of likely N-dealkylation sites (N-methyl/N-ethyl adjacent to an activating group) is 3. The first-order valence-electron chi connectivity index (χ1n) is 7.50. The summed E-state index contributed by atoms with van der Waals surface area (Å²) in [7, 11) is 8.36. The van der Waals surface area contributed by atoms with Crippen LogP contribution in [0.4, 0.5) is 0 Å². The molecule has 0 radical (unpaired) electrons. The third-order valence-corrected chi connectivity index (χ3v) is 3.74. The molecule has 1 heterocycles. The van der Waals surface area contributed by atoms with Crippen LogP contribution in [0.5, 0.6) is 11.5 Å². The molecule has 1 atom stereocenters. The molecule has 0 saturated carbocycles. The molecule has 5 heteroatoms. The Morgan fingerprint density at radius 1 is 1.10 bits per heavy atom. The van der Waals surface area contributed by atoms with Gasteiger partial charge in [0.2, 0.25) is 0 Å². The summed E-state index contributed by atoms with van der Waals surface area (Å²) in [5.74, 6) is 1.70. The predicted molar refractivity (Wildman–Crippen MR) is 85.3 cm³/mol. The first kappa shape index (κ1) is 16.1. The maximum atomic E-state index is 5.67. The van der Waals surface area contributed by atoms with Crippen LogP contribution >= 0.6 is 0 Å². The van der Waals surface area contributed by atoms with Crippen LogP contribution in [-0.2, 0) is 0 Å². The molecule has 1 aromatic carbocycles. The van der Waals surface area contributed by atoms with Crippen LogP contribution in [-0.4, -0.2) is 70.8 Å². The zero-order valence-corrected chi connectivity index (χ0v) is 13.6. The summed E-state index contributed by atoms with van der Waals surface area (Å²) in [5, 5.41) is 3.39. The molecule has 1 unspecified atom stereocenters. The number of rotatable bonds is 7. The molecule has 1 N–H and O–H groups in total. The average Bonchev–Trinajstić information content (AvgIpc) is 2.50. The van der Waals surface area contributed by atoms with Gasteiger partial charge in [-0.25, -0.2) is 0 Å². The fraction of sp³-hybridized carbons (Fsp3) is 0.625. The van der Waals surface area contributed by atoms with Crippen molar-refractivity contribution in [2.24, 2.45) is 0 Å². The molecule has 2 rings (SSSR count). The minimum atomic E-state index is 0.285. The van der Waals surface area contributed by atoms with Gasteiger partial charge < -0.3 is 24.6 Å². The highest BCUT2D eigenvalue weighted by molar-refractivity contribution is 5.44. The quantitative estimate of drug-likeness (QED) is 0.818. The topological polar surface area (TPSA) is 37.0 Å². The first-order valence-corrected chi connectivity index (χ1v) is 7.50. The molecule has 0 spiro atoms. The van der Waals surface area contributed by atoms with Crippen molar-refractivity contribution in [3.63, 3.8) is 0 Å². The van der Waals surface area contributed by atoms with E-state index < -0.39 is 0 Å². The highest BCUT2D eigenvalue weighted by Gasteiger charge is 2.17. The first-order chi connectivity index (χ1) is 10.1. The number of nitrogens with one attached hydrogen (secondary N) is 1. The summed E-state index contributed by atoms with van der Waals surface area (Å²) < 4.78 is 11.2. The number of benzene rings is 1. The summed E-state index contributed by atoms with van der Waals surface area (Å²) in [6, 6.07) is 6.51. The lowest BCUT2D eigenvalue weighted by molar-refractivity contribution is 0.171. The van der Waals surface area contributed by atoms with Gasteiger partial charge in [0.25, 0.3) is 0 Å². The van der Waals surface area contributed by atoms with E-state index in [0.717, 1.165) is 31.1 Å². The number of nitrogens with zero attached hydrogens (tertiary/aromatic N) is 2. The van der Waals surface area contributed by atoms with E-state index in [1.54, 1.807) is 0 Å². The molecule has 1 aromatic rings. The second-order valence-electron chi connectivity index (χ2n) is 5.81. The molecule has 0 bridgehead atoms. The summed E-state index contributed by atoms with van der Waals surface area (Å²) in [6.07, 6.45) is 0. The molecule has 0 saturated heterocycles. The van der Waals surface area contributed by atoms with Crippen LogP contribution in [0.2, 0.25) is 0 Å². The standard InChI is InChI=1S/C16H27N3O2/c1-17-14(12-19(4)8-7-18(2)3)13-5-6-15-16(11-13)21-10-9-20-15/h5-6,11,14,17H,7-10,12H2,1-4H3. The van der Waals surface area contributed by atoms with Crippen LogP contribution < -0.4 is 14.8 Å². The van der Waals surface area contributed by atoms with Crippen molar-refractivity contribution < 1.29 is 9.47 Å². The Hall–Kier alpha value is -1.30. The molecule has 0 fully saturated rings. The van der Waals surface area contributed by atoms with Crippen LogP contribution in [0.25, 0.3) is 0 Å². The highest BCUT2D eigenvalue weighted by atomic mass is 16.6.